The van der Waals surface area contributed by atoms with Crippen LogP contribution in [0.3, 0.4) is 0 Å². The summed E-state index contributed by atoms with van der Waals surface area (Å²) in [4.78, 5) is 25.1. The minimum Gasteiger partial charge on any atom is -0.366 e. The maximum Gasteiger partial charge on any atom is 0.416 e. The summed E-state index contributed by atoms with van der Waals surface area (Å²) in [7, 11) is 1.56. The van der Waals surface area contributed by atoms with Gasteiger partial charge in [0.05, 0.1) is 5.56 Å². The van der Waals surface area contributed by atoms with E-state index in [1.54, 1.807) is 25.2 Å². The number of benzene rings is 2. The molecule has 2 atom stereocenters. The average Bonchev–Trinajstić information content (AvgIpc) is 3.40. The summed E-state index contributed by atoms with van der Waals surface area (Å²) < 4.78 is 39.5. The molecule has 2 amide bonds. The van der Waals surface area contributed by atoms with Gasteiger partial charge in [-0.15, -0.1) is 0 Å². The van der Waals surface area contributed by atoms with Crippen LogP contribution in [0.2, 0.25) is 0 Å². The molecule has 0 aliphatic heterocycles. The van der Waals surface area contributed by atoms with E-state index in [-0.39, 0.29) is 11.5 Å². The zero-order valence-electron chi connectivity index (χ0n) is 14.0. The van der Waals surface area contributed by atoms with Crippen LogP contribution in [0.4, 0.5) is 18.9 Å². The number of carbonyl (C=O) groups excluding carboxylic acids is 2. The van der Waals surface area contributed by atoms with Crippen molar-refractivity contribution < 1.29 is 22.8 Å². The van der Waals surface area contributed by atoms with Crippen LogP contribution in [-0.4, -0.2) is 18.9 Å². The number of anilines is 1. The van der Waals surface area contributed by atoms with Crippen molar-refractivity contribution in [1.29, 1.82) is 0 Å². The topological polar surface area (TPSA) is 63.4 Å². The van der Waals surface area contributed by atoms with Gasteiger partial charge in [-0.25, -0.2) is 0 Å². The molecule has 1 saturated carbocycles. The van der Waals surface area contributed by atoms with E-state index in [1.807, 2.05) is 0 Å². The second kappa shape index (κ2) is 6.48. The zero-order valence-corrected chi connectivity index (χ0v) is 14.0. The van der Waals surface area contributed by atoms with E-state index < -0.39 is 29.5 Å². The number of nitrogens with two attached hydrogens (primary N) is 1. The molecule has 3 rings (SSSR count). The van der Waals surface area contributed by atoms with Crippen molar-refractivity contribution >= 4 is 17.5 Å². The first kappa shape index (κ1) is 18.0. The molecule has 0 saturated heterocycles. The predicted molar refractivity (Wildman–Crippen MR) is 90.7 cm³/mol. The van der Waals surface area contributed by atoms with Gasteiger partial charge in [-0.1, -0.05) is 18.2 Å². The lowest BCUT2D eigenvalue weighted by molar-refractivity contribution is -0.138. The molecule has 1 aliphatic carbocycles. The van der Waals surface area contributed by atoms with Crippen molar-refractivity contribution in [1.82, 2.24) is 0 Å². The van der Waals surface area contributed by atoms with Crippen LogP contribution in [0.5, 0.6) is 0 Å². The summed E-state index contributed by atoms with van der Waals surface area (Å²) in [5.41, 5.74) is 5.52. The van der Waals surface area contributed by atoms with Gasteiger partial charge >= 0.3 is 6.18 Å². The van der Waals surface area contributed by atoms with Crippen LogP contribution in [0.15, 0.2) is 48.5 Å². The number of hydrogen-bond donors (Lipinski definition) is 1. The first-order valence-electron chi connectivity index (χ1n) is 8.03. The van der Waals surface area contributed by atoms with E-state index >= 15 is 0 Å². The fourth-order valence-electron chi connectivity index (χ4n) is 3.12. The van der Waals surface area contributed by atoms with Crippen LogP contribution < -0.4 is 10.6 Å². The third-order valence-corrected chi connectivity index (χ3v) is 4.64. The van der Waals surface area contributed by atoms with Gasteiger partial charge in [0.25, 0.3) is 0 Å². The minimum absolute atomic E-state index is 0.163. The summed E-state index contributed by atoms with van der Waals surface area (Å²) in [5, 5.41) is 0. The third-order valence-electron chi connectivity index (χ3n) is 4.64. The molecular weight excluding hydrogens is 345 g/mol. The normalized spacial score (nSPS) is 19.1. The molecule has 0 spiro atoms. The fourth-order valence-corrected chi connectivity index (χ4v) is 3.12. The SMILES string of the molecule is CN(C(=O)[C@@H]1C[C@H]1c1ccccc1C(F)(F)F)c1ccc(C(N)=O)cc1. The molecule has 0 aromatic heterocycles. The second-order valence-electron chi connectivity index (χ2n) is 6.34. The van der Waals surface area contributed by atoms with Gasteiger partial charge in [0.15, 0.2) is 0 Å². The maximum absolute atomic E-state index is 13.2. The molecule has 2 aromatic carbocycles. The van der Waals surface area contributed by atoms with Crippen LogP contribution in [0, 0.1) is 5.92 Å². The number of primary amides is 1. The highest BCUT2D eigenvalue weighted by atomic mass is 19.4. The highest BCUT2D eigenvalue weighted by Gasteiger charge is 2.48. The van der Waals surface area contributed by atoms with Gasteiger partial charge in [-0.05, 0) is 48.2 Å². The molecule has 2 aromatic rings. The highest BCUT2D eigenvalue weighted by molar-refractivity contribution is 5.98. The largest absolute Gasteiger partial charge is 0.416 e. The van der Waals surface area contributed by atoms with Gasteiger partial charge in [0.2, 0.25) is 11.8 Å². The molecule has 2 N–H and O–H groups in total. The maximum atomic E-state index is 13.2. The number of nitrogens with zero attached hydrogens (tertiary/aromatic N) is 1. The Balaban J connectivity index is 1.76. The first-order valence-corrected chi connectivity index (χ1v) is 8.03. The standard InChI is InChI=1S/C19H17F3N2O2/c1-24(12-8-6-11(7-9-12)17(23)25)18(26)15-10-14(15)13-4-2-3-5-16(13)19(20,21)22/h2-9,14-15H,10H2,1H3,(H2,23,25)/t14-,15+/m0/s1. The summed E-state index contributed by atoms with van der Waals surface area (Å²) in [5.74, 6) is -1.75. The molecule has 4 nitrogen and oxygen atoms in total. The Morgan fingerprint density at radius 3 is 2.27 bits per heavy atom. The summed E-state index contributed by atoms with van der Waals surface area (Å²) in [6, 6.07) is 11.5. The van der Waals surface area contributed by atoms with E-state index in [4.69, 9.17) is 5.73 Å². The average molecular weight is 362 g/mol. The Morgan fingerprint density at radius 2 is 1.69 bits per heavy atom. The lowest BCUT2D eigenvalue weighted by Crippen LogP contribution is -2.28. The van der Waals surface area contributed by atoms with Gasteiger partial charge in [0.1, 0.15) is 0 Å². The quantitative estimate of drug-likeness (QED) is 0.904. The lowest BCUT2D eigenvalue weighted by atomic mass is 10.0. The van der Waals surface area contributed by atoms with Gasteiger partial charge < -0.3 is 10.6 Å². The summed E-state index contributed by atoms with van der Waals surface area (Å²) >= 11 is 0. The second-order valence-corrected chi connectivity index (χ2v) is 6.34. The first-order chi connectivity index (χ1) is 12.2. The highest BCUT2D eigenvalue weighted by Crippen LogP contribution is 2.51. The molecule has 0 heterocycles. The minimum atomic E-state index is -4.44. The Kier molecular flexibility index (Phi) is 4.48. The van der Waals surface area contributed by atoms with Crippen molar-refractivity contribution in [3.8, 4) is 0 Å². The molecule has 0 bridgehead atoms. The Labute approximate surface area is 148 Å². The van der Waals surface area contributed by atoms with Crippen molar-refractivity contribution in [2.45, 2.75) is 18.5 Å². The van der Waals surface area contributed by atoms with Gasteiger partial charge in [0, 0.05) is 24.2 Å². The molecule has 26 heavy (non-hydrogen) atoms. The summed E-state index contributed by atoms with van der Waals surface area (Å²) in [6.07, 6.45) is -4.06. The Bertz CT molecular complexity index is 847. The molecular formula is C19H17F3N2O2. The smallest absolute Gasteiger partial charge is 0.366 e. The third kappa shape index (κ3) is 3.42. The molecule has 0 radical (unpaired) electrons. The fraction of sp³-hybridized carbons (Fsp3) is 0.263. The Hall–Kier alpha value is -2.83. The van der Waals surface area contributed by atoms with Crippen molar-refractivity contribution in [2.24, 2.45) is 11.7 Å². The van der Waals surface area contributed by atoms with Crippen molar-refractivity contribution in [3.05, 3.63) is 65.2 Å². The summed E-state index contributed by atoms with van der Waals surface area (Å²) in [6.45, 7) is 0. The lowest BCUT2D eigenvalue weighted by Gasteiger charge is -2.18. The molecule has 1 aliphatic rings. The van der Waals surface area contributed by atoms with Crippen LogP contribution in [0.1, 0.15) is 33.8 Å². The number of halogens is 3. The monoisotopic (exact) mass is 362 g/mol. The number of rotatable bonds is 4. The van der Waals surface area contributed by atoms with Crippen molar-refractivity contribution in [2.75, 3.05) is 11.9 Å². The van der Waals surface area contributed by atoms with Crippen LogP contribution >= 0.6 is 0 Å². The van der Waals surface area contributed by atoms with Crippen LogP contribution in [0.25, 0.3) is 0 Å². The van der Waals surface area contributed by atoms with E-state index in [2.05, 4.69) is 0 Å². The van der Waals surface area contributed by atoms with Crippen LogP contribution in [-0.2, 0) is 11.0 Å². The van der Waals surface area contributed by atoms with E-state index in [1.165, 1.54) is 29.2 Å². The van der Waals surface area contributed by atoms with E-state index in [0.29, 0.717) is 17.7 Å². The molecule has 7 heteroatoms. The van der Waals surface area contributed by atoms with Crippen molar-refractivity contribution in [3.63, 3.8) is 0 Å². The number of alkyl halides is 3. The van der Waals surface area contributed by atoms with Gasteiger partial charge in [-0.3, -0.25) is 9.59 Å². The molecule has 136 valence electrons. The molecule has 0 unspecified atom stereocenters. The number of carbonyl (C=O) groups is 2. The number of amides is 2. The van der Waals surface area contributed by atoms with Gasteiger partial charge in [-0.2, -0.15) is 13.2 Å². The molecule has 1 fully saturated rings. The predicted octanol–water partition coefficient (Wildman–Crippen LogP) is 3.57. The zero-order chi connectivity index (χ0) is 19.1. The Morgan fingerprint density at radius 1 is 1.08 bits per heavy atom. The van der Waals surface area contributed by atoms with E-state index in [9.17, 15) is 22.8 Å². The van der Waals surface area contributed by atoms with E-state index in [0.717, 1.165) is 6.07 Å². The number of hydrogen-bond acceptors (Lipinski definition) is 2.